The number of hydrogen-bond donors (Lipinski definition) is 2. The fourth-order valence-electron chi connectivity index (χ4n) is 0. The van der Waals surface area contributed by atoms with Gasteiger partial charge in [-0.1, -0.05) is 0 Å². The normalized spacial score (nSPS) is 6.00. The van der Waals surface area contributed by atoms with Crippen molar-refractivity contribution in [3.63, 3.8) is 0 Å². The summed E-state index contributed by atoms with van der Waals surface area (Å²) in [6, 6.07) is 0. The molecule has 0 spiro atoms. The molecule has 0 fully saturated rings. The molecule has 2 N–H and O–H groups in total. The van der Waals surface area contributed by atoms with Gasteiger partial charge in [-0.05, 0) is 0 Å². The van der Waals surface area contributed by atoms with Crippen molar-refractivity contribution in [1.29, 1.82) is 0 Å². The second kappa shape index (κ2) is 5.40. The van der Waals surface area contributed by atoms with Crippen molar-refractivity contribution >= 4 is 0 Å². The average Bonchev–Trinajstić information content (AvgIpc) is 1.25. The van der Waals surface area contributed by atoms with Gasteiger partial charge in [0.15, 0.2) is 0 Å². The van der Waals surface area contributed by atoms with Crippen LogP contribution in [-0.4, -0.2) is 20.6 Å². The zero-order valence-electron chi connectivity index (χ0n) is 3.42. The van der Waals surface area contributed by atoms with E-state index in [2.05, 4.69) is 0 Å². The molecule has 0 amide bonds. The van der Waals surface area contributed by atoms with Crippen molar-refractivity contribution in [3.05, 3.63) is 20.2 Å². The standard InChI is InChI=1S/2HNO3/c2*2-1(3)4/h2*(H,2,3,4). The molecule has 0 heterocycles. The molecule has 0 unspecified atom stereocenters. The Balaban J connectivity index is 0. The van der Waals surface area contributed by atoms with Gasteiger partial charge in [0.25, 0.3) is 10.2 Å². The molecule has 0 bridgehead atoms. The Bertz CT molecular complexity index is 64.5. The number of rotatable bonds is 0. The first-order valence-corrected chi connectivity index (χ1v) is 1.13. The molecule has 48 valence electrons. The van der Waals surface area contributed by atoms with Gasteiger partial charge in [-0.15, -0.1) is 20.2 Å². The predicted molar refractivity (Wildman–Crippen MR) is 17.6 cm³/mol. The highest BCUT2D eigenvalue weighted by Gasteiger charge is 1.65. The molecule has 0 saturated carbocycles. The third kappa shape index (κ3) is 19.9. The Hall–Kier alpha value is -1.60. The largest absolute Gasteiger partial charge is 0.328 e. The number of nitrogens with zero attached hydrogens (tertiary/aromatic N) is 2. The molecule has 0 aromatic rings. The molecule has 0 rings (SSSR count). The third-order valence-corrected chi connectivity index (χ3v) is 0. The van der Waals surface area contributed by atoms with Crippen LogP contribution in [0.5, 0.6) is 0 Å². The van der Waals surface area contributed by atoms with E-state index in [4.69, 9.17) is 30.6 Å². The van der Waals surface area contributed by atoms with E-state index in [-0.39, 0.29) is 0 Å². The molecule has 0 aliphatic carbocycles. The molecule has 0 aliphatic heterocycles. The maximum absolute atomic E-state index is 8.36. The fraction of sp³-hybridized carbons (Fsp3) is 0. The summed E-state index contributed by atoms with van der Waals surface area (Å²) >= 11 is 0. The molecule has 8 heteroatoms. The molecular formula is H2N2O6. The first-order valence-electron chi connectivity index (χ1n) is 1.13. The smallest absolute Gasteiger partial charge is 0.291 e. The zero-order valence-corrected chi connectivity index (χ0v) is 3.42. The van der Waals surface area contributed by atoms with Gasteiger partial charge < -0.3 is 10.4 Å². The summed E-state index contributed by atoms with van der Waals surface area (Å²) in [5.41, 5.74) is 0. The van der Waals surface area contributed by atoms with Crippen LogP contribution in [0.2, 0.25) is 0 Å². The van der Waals surface area contributed by atoms with Gasteiger partial charge >= 0.3 is 0 Å². The molecule has 0 aromatic heterocycles. The van der Waals surface area contributed by atoms with Crippen molar-refractivity contribution in [2.24, 2.45) is 0 Å². The minimum absolute atomic E-state index is 1.50. The van der Waals surface area contributed by atoms with Crippen LogP contribution in [0.3, 0.4) is 0 Å². The van der Waals surface area contributed by atoms with Gasteiger partial charge in [-0.2, -0.15) is 0 Å². The van der Waals surface area contributed by atoms with E-state index in [1.165, 1.54) is 0 Å². The summed E-state index contributed by atoms with van der Waals surface area (Å²) in [6.07, 6.45) is 0. The van der Waals surface area contributed by atoms with Gasteiger partial charge in [-0.3, -0.25) is 0 Å². The van der Waals surface area contributed by atoms with Crippen molar-refractivity contribution in [1.82, 2.24) is 0 Å². The molecular weight excluding hydrogens is 124 g/mol. The topological polar surface area (TPSA) is 127 Å². The lowest BCUT2D eigenvalue weighted by atomic mass is 13.1. The Morgan fingerprint density at radius 2 is 1.00 bits per heavy atom. The highest BCUT2D eigenvalue weighted by Crippen LogP contribution is 1.38. The van der Waals surface area contributed by atoms with Crippen LogP contribution in [0.1, 0.15) is 0 Å². The van der Waals surface area contributed by atoms with Crippen LogP contribution in [0, 0.1) is 20.2 Å². The van der Waals surface area contributed by atoms with Gasteiger partial charge in [0.1, 0.15) is 0 Å². The SMILES string of the molecule is O=[N+]([O-])O.O=[N+]([O-])O. The average molecular weight is 126 g/mol. The lowest BCUT2D eigenvalue weighted by Crippen LogP contribution is -1.81. The van der Waals surface area contributed by atoms with Crippen molar-refractivity contribution < 1.29 is 20.6 Å². The Labute approximate surface area is 42.2 Å². The Kier molecular flexibility index (Phi) is 6.51. The molecule has 8 nitrogen and oxygen atoms in total. The lowest BCUT2D eigenvalue weighted by Gasteiger charge is -1.56. The molecule has 8 heavy (non-hydrogen) atoms. The van der Waals surface area contributed by atoms with Crippen LogP contribution in [0.25, 0.3) is 0 Å². The van der Waals surface area contributed by atoms with E-state index in [0.29, 0.717) is 0 Å². The summed E-state index contributed by atoms with van der Waals surface area (Å²) in [4.78, 5) is 16.7. The van der Waals surface area contributed by atoms with Gasteiger partial charge in [0.2, 0.25) is 0 Å². The maximum atomic E-state index is 8.36. The van der Waals surface area contributed by atoms with E-state index in [1.54, 1.807) is 0 Å². The predicted octanol–water partition coefficient (Wildman–Crippen LogP) is -0.695. The summed E-state index contributed by atoms with van der Waals surface area (Å²) in [5, 5.41) is 27.3. The van der Waals surface area contributed by atoms with E-state index < -0.39 is 10.2 Å². The van der Waals surface area contributed by atoms with Gasteiger partial charge in [-0.25, -0.2) is 0 Å². The van der Waals surface area contributed by atoms with Crippen molar-refractivity contribution in [2.75, 3.05) is 0 Å². The minimum Gasteiger partial charge on any atom is -0.328 e. The molecule has 0 saturated heterocycles. The fourth-order valence-corrected chi connectivity index (χ4v) is 0. The first kappa shape index (κ1) is 9.64. The van der Waals surface area contributed by atoms with Crippen LogP contribution in [-0.2, 0) is 0 Å². The van der Waals surface area contributed by atoms with Crippen molar-refractivity contribution in [3.8, 4) is 0 Å². The summed E-state index contributed by atoms with van der Waals surface area (Å²) in [7, 11) is 0. The Morgan fingerprint density at radius 3 is 1.00 bits per heavy atom. The van der Waals surface area contributed by atoms with Gasteiger partial charge in [0, 0.05) is 0 Å². The van der Waals surface area contributed by atoms with Crippen LogP contribution in [0.4, 0.5) is 0 Å². The van der Waals surface area contributed by atoms with Crippen LogP contribution >= 0.6 is 0 Å². The highest BCUT2D eigenvalue weighted by molar-refractivity contribution is 3.83. The first-order chi connectivity index (χ1) is 3.46. The molecule has 0 aromatic carbocycles. The molecule has 0 radical (unpaired) electrons. The second-order valence-corrected chi connectivity index (χ2v) is 0.476. The highest BCUT2D eigenvalue weighted by atomic mass is 16.9. The minimum atomic E-state index is -1.50. The van der Waals surface area contributed by atoms with Crippen LogP contribution < -0.4 is 0 Å². The summed E-state index contributed by atoms with van der Waals surface area (Å²) in [5.74, 6) is 0. The zero-order chi connectivity index (χ0) is 7.15. The summed E-state index contributed by atoms with van der Waals surface area (Å²) < 4.78 is 0. The van der Waals surface area contributed by atoms with E-state index in [0.717, 1.165) is 0 Å². The third-order valence-electron chi connectivity index (χ3n) is 0. The maximum Gasteiger partial charge on any atom is 0.291 e. The molecule has 0 aliphatic rings. The lowest BCUT2D eigenvalue weighted by molar-refractivity contribution is -0.742. The number of hydrogen-bond acceptors (Lipinski definition) is 4. The van der Waals surface area contributed by atoms with E-state index >= 15 is 0 Å². The second-order valence-electron chi connectivity index (χ2n) is 0.476. The van der Waals surface area contributed by atoms with E-state index in [1.807, 2.05) is 0 Å². The quantitative estimate of drug-likeness (QED) is 0.326. The van der Waals surface area contributed by atoms with Gasteiger partial charge in [0.05, 0.1) is 0 Å². The van der Waals surface area contributed by atoms with Crippen molar-refractivity contribution in [2.45, 2.75) is 0 Å². The Morgan fingerprint density at radius 1 is 1.00 bits per heavy atom. The van der Waals surface area contributed by atoms with Crippen LogP contribution in [0.15, 0.2) is 0 Å². The van der Waals surface area contributed by atoms with E-state index in [9.17, 15) is 0 Å². The molecule has 0 atom stereocenters. The monoisotopic (exact) mass is 126 g/mol. The summed E-state index contributed by atoms with van der Waals surface area (Å²) in [6.45, 7) is 0.